The van der Waals surface area contributed by atoms with Gasteiger partial charge in [-0.15, -0.1) is 0 Å². The lowest BCUT2D eigenvalue weighted by Gasteiger charge is -2.08. The van der Waals surface area contributed by atoms with Crippen LogP contribution in [0.5, 0.6) is 0 Å². The number of nitrogens with zero attached hydrogens (tertiary/aromatic N) is 1. The number of nitrogens with two attached hydrogens (primary N) is 1. The zero-order valence-electron chi connectivity index (χ0n) is 13.1. The van der Waals surface area contributed by atoms with Crippen LogP contribution in [0.2, 0.25) is 0 Å². The van der Waals surface area contributed by atoms with E-state index >= 15 is 0 Å². The monoisotopic (exact) mass is 337 g/mol. The van der Waals surface area contributed by atoms with Gasteiger partial charge in [0.15, 0.2) is 0 Å². The first-order chi connectivity index (χ1) is 10.9. The van der Waals surface area contributed by atoms with E-state index in [-0.39, 0.29) is 12.0 Å². The summed E-state index contributed by atoms with van der Waals surface area (Å²) in [7, 11) is 0. The van der Waals surface area contributed by atoms with Crippen molar-refractivity contribution < 1.29 is 34.7 Å². The van der Waals surface area contributed by atoms with Gasteiger partial charge in [-0.2, -0.15) is 0 Å². The van der Waals surface area contributed by atoms with Gasteiger partial charge in [0.2, 0.25) is 0 Å². The summed E-state index contributed by atoms with van der Waals surface area (Å²) in [4.78, 5) is 26.2. The first kappa shape index (κ1) is 21.5. The Morgan fingerprint density at radius 1 is 1.04 bits per heavy atom. The molecule has 0 heterocycles. The minimum Gasteiger partial charge on any atom is -0.480 e. The minimum atomic E-state index is -1.02. The molecule has 1 atom stereocenters. The van der Waals surface area contributed by atoms with E-state index in [1.54, 1.807) is 0 Å². The lowest BCUT2D eigenvalue weighted by molar-refractivity contribution is -0.492. The van der Waals surface area contributed by atoms with Crippen LogP contribution >= 0.6 is 0 Å². The summed E-state index contributed by atoms with van der Waals surface area (Å²) in [5.74, 6) is -1.02. The molecule has 0 aliphatic carbocycles. The Bertz CT molecular complexity index is 329. The van der Waals surface area contributed by atoms with Gasteiger partial charge in [0.05, 0.1) is 18.6 Å². The molecular weight excluding hydrogens is 310 g/mol. The molecule has 136 valence electrons. The zero-order valence-corrected chi connectivity index (χ0v) is 13.1. The maximum atomic E-state index is 11.3. The van der Waals surface area contributed by atoms with Gasteiger partial charge >= 0.3 is 12.1 Å². The molecule has 1 unspecified atom stereocenters. The summed E-state index contributed by atoms with van der Waals surface area (Å²) in [6.45, 7) is 0.934. The molecule has 0 rings (SSSR count). The second-order valence-corrected chi connectivity index (χ2v) is 5.00. The van der Waals surface area contributed by atoms with Crippen molar-refractivity contribution in [2.75, 3.05) is 19.8 Å². The molecule has 0 aliphatic rings. The van der Waals surface area contributed by atoms with Gasteiger partial charge in [-0.05, 0) is 38.5 Å². The van der Waals surface area contributed by atoms with Crippen molar-refractivity contribution in [2.45, 2.75) is 51.0 Å². The van der Waals surface area contributed by atoms with Crippen molar-refractivity contribution >= 4 is 12.1 Å². The predicted octanol–water partition coefficient (Wildman–Crippen LogP) is 0.867. The van der Waals surface area contributed by atoms with Gasteiger partial charge in [-0.3, -0.25) is 20.0 Å². The van der Waals surface area contributed by atoms with Gasteiger partial charge in [0.1, 0.15) is 6.04 Å². The molecule has 0 aromatic rings. The van der Waals surface area contributed by atoms with E-state index in [0.29, 0.717) is 45.3 Å². The van der Waals surface area contributed by atoms with E-state index < -0.39 is 18.1 Å². The summed E-state index contributed by atoms with van der Waals surface area (Å²) in [6, 6.07) is -0.856. The van der Waals surface area contributed by atoms with Crippen molar-refractivity contribution in [2.24, 2.45) is 5.73 Å². The largest absolute Gasteiger partial charge is 0.480 e. The van der Waals surface area contributed by atoms with Crippen LogP contribution in [0.4, 0.5) is 4.79 Å². The molecule has 0 spiro atoms. The average molecular weight is 337 g/mol. The smallest absolute Gasteiger partial charge is 0.407 e. The highest BCUT2D eigenvalue weighted by atomic mass is 17.1. The first-order valence-corrected chi connectivity index (χ1v) is 7.63. The molecule has 10 heteroatoms. The molecule has 0 aliphatic heterocycles. The standard InChI is InChI=1S/C13H27N3O7/c14-11(12(17)18)7-3-4-8-15-13(19)22-9-5-1-2-6-10-23-16(20)21/h11,20-21H,1-10,14H2,(H,15,19)(H,17,18). The van der Waals surface area contributed by atoms with Crippen LogP contribution < -0.4 is 11.1 Å². The van der Waals surface area contributed by atoms with E-state index in [2.05, 4.69) is 10.2 Å². The molecule has 10 nitrogen and oxygen atoms in total. The number of rotatable bonds is 14. The lowest BCUT2D eigenvalue weighted by Crippen LogP contribution is -2.30. The van der Waals surface area contributed by atoms with E-state index in [1.165, 1.54) is 0 Å². The SMILES string of the molecule is NC(CCCCNC(=O)OCCCCCCON(O)O)C(=O)O. The molecule has 0 aromatic heterocycles. The van der Waals surface area contributed by atoms with Crippen LogP contribution in [0.3, 0.4) is 0 Å². The number of nitrogens with one attached hydrogen (secondary N) is 1. The van der Waals surface area contributed by atoms with Crippen molar-refractivity contribution in [3.8, 4) is 0 Å². The summed E-state index contributed by atoms with van der Waals surface area (Å²) in [5, 5.41) is 27.4. The third-order valence-electron chi connectivity index (χ3n) is 3.01. The minimum absolute atomic E-state index is 0.208. The second kappa shape index (κ2) is 14.2. The number of unbranched alkanes of at least 4 members (excludes halogenated alkanes) is 4. The molecule has 0 bridgehead atoms. The fourth-order valence-electron chi connectivity index (χ4n) is 1.72. The molecule has 0 aromatic carbocycles. The number of aliphatic carboxylic acids is 1. The number of carboxylic acid groups (broad SMARTS) is 1. The van der Waals surface area contributed by atoms with Crippen LogP contribution in [0.25, 0.3) is 0 Å². The van der Waals surface area contributed by atoms with E-state index in [0.717, 1.165) is 12.8 Å². The van der Waals surface area contributed by atoms with Gasteiger partial charge in [0.25, 0.3) is 0 Å². The molecule has 0 radical (unpaired) electrons. The molecule has 23 heavy (non-hydrogen) atoms. The number of ether oxygens (including phenoxy) is 1. The van der Waals surface area contributed by atoms with Crippen molar-refractivity contribution in [3.63, 3.8) is 0 Å². The summed E-state index contributed by atoms with van der Waals surface area (Å²) in [6.07, 6.45) is 4.18. The highest BCUT2D eigenvalue weighted by Crippen LogP contribution is 2.01. The van der Waals surface area contributed by atoms with E-state index in [9.17, 15) is 9.59 Å². The van der Waals surface area contributed by atoms with E-state index in [1.807, 2.05) is 0 Å². The van der Waals surface area contributed by atoms with Crippen LogP contribution in [-0.4, -0.2) is 58.8 Å². The fraction of sp³-hybridized carbons (Fsp3) is 0.846. The average Bonchev–Trinajstić information content (AvgIpc) is 2.48. The van der Waals surface area contributed by atoms with Gasteiger partial charge in [-0.1, -0.05) is 6.42 Å². The topological polar surface area (TPSA) is 155 Å². The second-order valence-electron chi connectivity index (χ2n) is 5.00. The summed E-state index contributed by atoms with van der Waals surface area (Å²) in [5.41, 5.74) is 5.35. The Balaban J connectivity index is 3.30. The third kappa shape index (κ3) is 15.2. The fourth-order valence-corrected chi connectivity index (χ4v) is 1.72. The van der Waals surface area contributed by atoms with Crippen molar-refractivity contribution in [1.29, 1.82) is 0 Å². The summed E-state index contributed by atoms with van der Waals surface area (Å²) < 4.78 is 4.96. The number of carbonyl (C=O) groups is 2. The summed E-state index contributed by atoms with van der Waals surface area (Å²) >= 11 is 0. The number of carboxylic acids is 1. The normalized spacial score (nSPS) is 12.2. The van der Waals surface area contributed by atoms with E-state index in [4.69, 9.17) is 26.0 Å². The Labute approximate surface area is 135 Å². The van der Waals surface area contributed by atoms with Gasteiger partial charge in [0, 0.05) is 6.54 Å². The Hall–Kier alpha value is -1.46. The van der Waals surface area contributed by atoms with Crippen LogP contribution in [-0.2, 0) is 14.4 Å². The van der Waals surface area contributed by atoms with Crippen molar-refractivity contribution in [3.05, 3.63) is 0 Å². The highest BCUT2D eigenvalue weighted by molar-refractivity contribution is 5.72. The number of amides is 1. The predicted molar refractivity (Wildman–Crippen MR) is 78.6 cm³/mol. The Kier molecular flexibility index (Phi) is 13.3. The maximum absolute atomic E-state index is 11.3. The van der Waals surface area contributed by atoms with Gasteiger partial charge < -0.3 is 20.9 Å². The first-order valence-electron chi connectivity index (χ1n) is 7.63. The molecular formula is C13H27N3O7. The third-order valence-corrected chi connectivity index (χ3v) is 3.01. The van der Waals surface area contributed by atoms with Crippen molar-refractivity contribution in [1.82, 2.24) is 10.7 Å². The van der Waals surface area contributed by atoms with Crippen LogP contribution in [0.1, 0.15) is 44.9 Å². The Morgan fingerprint density at radius 3 is 2.30 bits per heavy atom. The molecule has 0 saturated heterocycles. The van der Waals surface area contributed by atoms with Gasteiger partial charge in [-0.25, -0.2) is 4.79 Å². The molecule has 0 saturated carbocycles. The molecule has 0 fully saturated rings. The zero-order chi connectivity index (χ0) is 17.5. The molecule has 1 amide bonds. The van der Waals surface area contributed by atoms with Crippen LogP contribution in [0, 0.1) is 0 Å². The lowest BCUT2D eigenvalue weighted by atomic mass is 10.1. The highest BCUT2D eigenvalue weighted by Gasteiger charge is 2.10. The quantitative estimate of drug-likeness (QED) is 0.229. The number of hydrogen-bond donors (Lipinski definition) is 5. The van der Waals surface area contributed by atoms with Crippen LogP contribution in [0.15, 0.2) is 0 Å². The maximum Gasteiger partial charge on any atom is 0.407 e. The number of hydrogen-bond acceptors (Lipinski definition) is 8. The Morgan fingerprint density at radius 2 is 1.70 bits per heavy atom. The number of alkyl carbamates (subject to hydrolysis) is 1. The molecule has 6 N–H and O–H groups in total. The number of carbonyl (C=O) groups excluding carboxylic acids is 1.